The second-order valence-electron chi connectivity index (χ2n) is 5.53. The average Bonchev–Trinajstić information content (AvgIpc) is 2.98. The molecule has 6 nitrogen and oxygen atoms in total. The molecule has 0 spiro atoms. The van der Waals surface area contributed by atoms with Gasteiger partial charge in [0.1, 0.15) is 5.69 Å². The van der Waals surface area contributed by atoms with Gasteiger partial charge in [0.2, 0.25) is 0 Å². The maximum atomic E-state index is 14.1. The lowest BCUT2D eigenvalue weighted by molar-refractivity contribution is -0.190. The first-order valence-corrected chi connectivity index (χ1v) is 7.51. The Morgan fingerprint density at radius 2 is 2.00 bits per heavy atom. The summed E-state index contributed by atoms with van der Waals surface area (Å²) in [6.07, 6.45) is -3.90. The predicted molar refractivity (Wildman–Crippen MR) is 83.0 cm³/mol. The Hall–Kier alpha value is -2.75. The third kappa shape index (κ3) is 3.59. The summed E-state index contributed by atoms with van der Waals surface area (Å²) in [6.45, 7) is 1.04. The van der Waals surface area contributed by atoms with E-state index in [1.54, 1.807) is 18.3 Å². The molecular weight excluding hydrogens is 356 g/mol. The number of rotatable bonds is 5. The second kappa shape index (κ2) is 6.87. The quantitative estimate of drug-likeness (QED) is 0.644. The van der Waals surface area contributed by atoms with Crippen LogP contribution >= 0.6 is 0 Å². The molecule has 0 saturated heterocycles. The largest absolute Gasteiger partial charge is 0.463 e. The van der Waals surface area contributed by atoms with Gasteiger partial charge in [-0.2, -0.15) is 13.2 Å². The number of hydrogen-bond donors (Lipinski definition) is 0. The highest BCUT2D eigenvalue weighted by molar-refractivity contribution is 5.69. The maximum absolute atomic E-state index is 14.1. The number of hydrogen-bond acceptors (Lipinski definition) is 5. The number of halogens is 4. The van der Waals surface area contributed by atoms with Gasteiger partial charge in [0.25, 0.3) is 5.88 Å². The molecule has 3 aromatic heterocycles. The number of fused-ring (bicyclic) bond motifs is 1. The van der Waals surface area contributed by atoms with E-state index < -0.39 is 24.0 Å². The predicted octanol–water partition coefficient (Wildman–Crippen LogP) is 3.41. The molecule has 0 unspecified atom stereocenters. The van der Waals surface area contributed by atoms with Crippen LogP contribution in [0, 0.1) is 5.82 Å². The topological polar surface area (TPSA) is 61.5 Å². The van der Waals surface area contributed by atoms with E-state index in [0.717, 1.165) is 13.0 Å². The average molecular weight is 370 g/mol. The van der Waals surface area contributed by atoms with Gasteiger partial charge in [-0.3, -0.25) is 0 Å². The Labute approximate surface area is 145 Å². The zero-order chi connectivity index (χ0) is 18.9. The van der Waals surface area contributed by atoms with Gasteiger partial charge in [-0.05, 0) is 30.7 Å². The van der Waals surface area contributed by atoms with Crippen molar-refractivity contribution in [2.45, 2.75) is 25.8 Å². The molecule has 0 aliphatic rings. The van der Waals surface area contributed by atoms with E-state index in [1.165, 1.54) is 17.8 Å². The summed E-state index contributed by atoms with van der Waals surface area (Å²) < 4.78 is 62.9. The molecule has 0 amide bonds. The Bertz CT molecular complexity index is 926. The van der Waals surface area contributed by atoms with E-state index in [1.807, 2.05) is 0 Å². The minimum Gasteiger partial charge on any atom is -0.463 e. The van der Waals surface area contributed by atoms with E-state index in [2.05, 4.69) is 20.0 Å². The fraction of sp³-hybridized carbons (Fsp3) is 0.312. The van der Waals surface area contributed by atoms with Crippen molar-refractivity contribution in [2.75, 3.05) is 7.11 Å². The smallest absolute Gasteiger partial charge is 0.425 e. The lowest BCUT2D eigenvalue weighted by Gasteiger charge is -2.17. The van der Waals surface area contributed by atoms with Gasteiger partial charge in [-0.15, -0.1) is 5.10 Å². The maximum Gasteiger partial charge on any atom is 0.425 e. The van der Waals surface area contributed by atoms with Crippen LogP contribution in [0.2, 0.25) is 0 Å². The van der Waals surface area contributed by atoms with Gasteiger partial charge in [0.15, 0.2) is 11.9 Å². The summed E-state index contributed by atoms with van der Waals surface area (Å²) in [5.41, 5.74) is 2.23. The minimum atomic E-state index is -4.61. The summed E-state index contributed by atoms with van der Waals surface area (Å²) in [5.74, 6) is -1.69. The zero-order valence-corrected chi connectivity index (χ0v) is 13.8. The first kappa shape index (κ1) is 18.1. The van der Waals surface area contributed by atoms with Crippen LogP contribution in [0.25, 0.3) is 16.6 Å². The van der Waals surface area contributed by atoms with Crippen LogP contribution in [0.3, 0.4) is 0 Å². The molecule has 26 heavy (non-hydrogen) atoms. The molecule has 0 saturated carbocycles. The first-order valence-electron chi connectivity index (χ1n) is 7.51. The number of aromatic nitrogens is 4. The van der Waals surface area contributed by atoms with Crippen LogP contribution in [0.4, 0.5) is 17.6 Å². The van der Waals surface area contributed by atoms with E-state index >= 15 is 0 Å². The Balaban J connectivity index is 1.91. The molecule has 138 valence electrons. The third-order valence-electron chi connectivity index (χ3n) is 3.66. The molecule has 0 N–H and O–H groups in total. The van der Waals surface area contributed by atoms with Crippen LogP contribution in [-0.2, 0) is 11.3 Å². The van der Waals surface area contributed by atoms with Crippen molar-refractivity contribution < 1.29 is 27.0 Å². The van der Waals surface area contributed by atoms with Crippen molar-refractivity contribution in [3.8, 4) is 17.0 Å². The summed E-state index contributed by atoms with van der Waals surface area (Å²) in [4.78, 5) is 3.67. The van der Waals surface area contributed by atoms with Gasteiger partial charge in [-0.25, -0.2) is 13.9 Å². The normalized spacial score (nSPS) is 13.2. The van der Waals surface area contributed by atoms with Crippen LogP contribution in [0.5, 0.6) is 5.88 Å². The van der Waals surface area contributed by atoms with E-state index in [9.17, 15) is 17.6 Å². The number of methoxy groups -OCH3 is 1. The fourth-order valence-corrected chi connectivity index (χ4v) is 2.26. The van der Waals surface area contributed by atoms with Crippen LogP contribution < -0.4 is 4.74 Å². The first-order chi connectivity index (χ1) is 12.3. The molecule has 3 rings (SSSR count). The van der Waals surface area contributed by atoms with E-state index in [0.29, 0.717) is 22.3 Å². The number of nitrogens with zero attached hydrogens (tertiary/aromatic N) is 4. The summed E-state index contributed by atoms with van der Waals surface area (Å²) >= 11 is 0. The molecule has 0 bridgehead atoms. The van der Waals surface area contributed by atoms with Crippen molar-refractivity contribution in [1.82, 2.24) is 19.8 Å². The van der Waals surface area contributed by atoms with E-state index in [-0.39, 0.29) is 6.61 Å². The molecule has 0 fully saturated rings. The van der Waals surface area contributed by atoms with Crippen molar-refractivity contribution in [2.24, 2.45) is 0 Å². The van der Waals surface area contributed by atoms with Gasteiger partial charge >= 0.3 is 6.18 Å². The molecule has 1 atom stereocenters. The highest BCUT2D eigenvalue weighted by atomic mass is 19.4. The van der Waals surface area contributed by atoms with Crippen molar-refractivity contribution in [3.05, 3.63) is 42.1 Å². The third-order valence-corrected chi connectivity index (χ3v) is 3.66. The van der Waals surface area contributed by atoms with Crippen molar-refractivity contribution in [1.29, 1.82) is 0 Å². The van der Waals surface area contributed by atoms with Gasteiger partial charge in [0, 0.05) is 25.1 Å². The highest BCUT2D eigenvalue weighted by Crippen LogP contribution is 2.28. The Morgan fingerprint density at radius 1 is 1.23 bits per heavy atom. The van der Waals surface area contributed by atoms with Crippen molar-refractivity contribution in [3.63, 3.8) is 0 Å². The minimum absolute atomic E-state index is 0.252. The molecule has 0 aromatic carbocycles. The monoisotopic (exact) mass is 370 g/mol. The molecule has 0 aliphatic heterocycles. The molecule has 3 heterocycles. The SMILES string of the molecule is COCc1nnn2ccc(-c3cnc(O[C@H](C)C(F)(F)F)c(F)c3)cc12. The summed E-state index contributed by atoms with van der Waals surface area (Å²) in [6, 6.07) is 4.44. The van der Waals surface area contributed by atoms with Crippen molar-refractivity contribution >= 4 is 5.52 Å². The molecule has 0 radical (unpaired) electrons. The van der Waals surface area contributed by atoms with Gasteiger partial charge in [0.05, 0.1) is 12.1 Å². The number of pyridine rings is 2. The second-order valence-corrected chi connectivity index (χ2v) is 5.53. The van der Waals surface area contributed by atoms with Crippen LogP contribution in [0.1, 0.15) is 12.6 Å². The molecule has 3 aromatic rings. The van der Waals surface area contributed by atoms with Gasteiger partial charge in [-0.1, -0.05) is 5.21 Å². The summed E-state index contributed by atoms with van der Waals surface area (Å²) in [5, 5.41) is 7.91. The zero-order valence-electron chi connectivity index (χ0n) is 13.8. The Kier molecular flexibility index (Phi) is 4.77. The standard InChI is InChI=1S/C16H14F4N4O2/c1-9(16(18,19)20)26-15-12(17)5-11(7-21-15)10-3-4-24-14(6-10)13(8-25-2)22-23-24/h3-7,9H,8H2,1-2H3/t9-/m1/s1. The summed E-state index contributed by atoms with van der Waals surface area (Å²) in [7, 11) is 1.52. The molecule has 0 aliphatic carbocycles. The number of alkyl halides is 3. The molecule has 10 heteroatoms. The Morgan fingerprint density at radius 3 is 2.65 bits per heavy atom. The number of ether oxygens (including phenoxy) is 2. The fourth-order valence-electron chi connectivity index (χ4n) is 2.26. The highest BCUT2D eigenvalue weighted by Gasteiger charge is 2.38. The molecular formula is C16H14F4N4O2. The lowest BCUT2D eigenvalue weighted by Crippen LogP contribution is -2.31. The van der Waals surface area contributed by atoms with Gasteiger partial charge < -0.3 is 9.47 Å². The van der Waals surface area contributed by atoms with Crippen LogP contribution in [0.15, 0.2) is 30.6 Å². The lowest BCUT2D eigenvalue weighted by atomic mass is 10.1. The van der Waals surface area contributed by atoms with Crippen LogP contribution in [-0.4, -0.2) is 39.2 Å². The van der Waals surface area contributed by atoms with E-state index in [4.69, 9.17) is 4.74 Å².